The Hall–Kier alpha value is -3.92. The maximum absolute atomic E-state index is 7.81. The van der Waals surface area contributed by atoms with Gasteiger partial charge in [0.15, 0.2) is 5.88 Å². The molecule has 0 saturated heterocycles. The van der Waals surface area contributed by atoms with Crippen LogP contribution < -0.4 is 20.7 Å². The molecule has 0 spiro atoms. The molecular weight excluding hydrogens is 751 g/mol. The molecule has 0 amide bonds. The monoisotopic (exact) mass is 829 g/mol. The Morgan fingerprint density at radius 3 is 1.69 bits per heavy atom. The molecule has 5 aliphatic rings. The quantitative estimate of drug-likeness (QED) is 0.187. The van der Waals surface area contributed by atoms with Crippen LogP contribution in [0.5, 0.6) is 0 Å². The van der Waals surface area contributed by atoms with Crippen LogP contribution in [0, 0.1) is 23.7 Å². The average Bonchev–Trinajstić information content (AvgIpc) is 3.23. The number of allylic oxidation sites excluding steroid dienone is 1. The lowest BCUT2D eigenvalue weighted by Gasteiger charge is -2.52. The third-order valence-electron chi connectivity index (χ3n) is 16.7. The first kappa shape index (κ1) is 43.3. The number of rotatable bonds is 2. The smallest absolute Gasteiger partial charge is 0.252 e. The van der Waals surface area contributed by atoms with Gasteiger partial charge < -0.3 is 9.64 Å². The number of aryl methyl sites for hydroxylation is 1. The first-order valence-electron chi connectivity index (χ1n) is 24.1. The standard InChI is InChI=1S/C58H77BN2O/c1-35-29-36(52(2,3)4)19-23-44(35)61-45-24-20-37(53(5,6)7)30-43(45)59-49-42-34-48(58(17,18)28-27-57(42,15)16)62-51(49)60(46-31-38(54(8,9)10)32-47(61)50(46)59)39-21-22-40-41(33-39)56(13,14)26-25-55(40,11)12/h19-24,29-33,42,48H,25-28,34H2,1-18H3. The third kappa shape index (κ3) is 6.72. The van der Waals surface area contributed by atoms with Crippen LogP contribution in [-0.2, 0) is 31.8 Å². The Labute approximate surface area is 377 Å². The first-order chi connectivity index (χ1) is 28.5. The maximum Gasteiger partial charge on any atom is 0.252 e. The number of hydrogen-bond donors (Lipinski definition) is 0. The summed E-state index contributed by atoms with van der Waals surface area (Å²) < 4.78 is 7.81. The highest BCUT2D eigenvalue weighted by Crippen LogP contribution is 2.58. The number of benzene rings is 4. The predicted molar refractivity (Wildman–Crippen MR) is 268 cm³/mol. The molecule has 2 bridgehead atoms. The molecule has 4 aromatic rings. The molecule has 0 radical (unpaired) electrons. The number of fused-ring (bicyclic) bond motifs is 7. The summed E-state index contributed by atoms with van der Waals surface area (Å²) in [5.41, 5.74) is 19.4. The van der Waals surface area contributed by atoms with E-state index in [0.717, 1.165) is 18.7 Å². The number of hydrogen-bond acceptors (Lipinski definition) is 3. The van der Waals surface area contributed by atoms with Gasteiger partial charge in [0, 0.05) is 33.9 Å². The normalized spacial score (nSPS) is 23.2. The maximum atomic E-state index is 7.81. The van der Waals surface area contributed by atoms with E-state index in [-0.39, 0.29) is 50.7 Å². The van der Waals surface area contributed by atoms with Gasteiger partial charge in [-0.25, -0.2) is 0 Å². The summed E-state index contributed by atoms with van der Waals surface area (Å²) in [4.78, 5) is 5.30. The van der Waals surface area contributed by atoms with Crippen molar-refractivity contribution in [2.75, 3.05) is 9.80 Å². The molecular formula is C58H77BN2O. The van der Waals surface area contributed by atoms with E-state index >= 15 is 0 Å². The number of ether oxygens (including phenoxy) is 1. The molecule has 3 heterocycles. The predicted octanol–water partition coefficient (Wildman–Crippen LogP) is 14.8. The van der Waals surface area contributed by atoms with Crippen LogP contribution >= 0.6 is 0 Å². The molecule has 0 aromatic heterocycles. The van der Waals surface area contributed by atoms with Gasteiger partial charge in [0.05, 0.1) is 0 Å². The van der Waals surface area contributed by atoms with Crippen LogP contribution in [0.4, 0.5) is 28.4 Å². The van der Waals surface area contributed by atoms with Gasteiger partial charge in [0.2, 0.25) is 0 Å². The van der Waals surface area contributed by atoms with Crippen molar-refractivity contribution in [3.8, 4) is 0 Å². The van der Waals surface area contributed by atoms with Crippen LogP contribution in [0.1, 0.15) is 183 Å². The van der Waals surface area contributed by atoms with E-state index in [1.54, 1.807) is 0 Å². The summed E-state index contributed by atoms with van der Waals surface area (Å²) >= 11 is 0. The molecule has 3 aliphatic heterocycles. The van der Waals surface area contributed by atoms with Crippen molar-refractivity contribution in [2.24, 2.45) is 16.7 Å². The van der Waals surface area contributed by atoms with Crippen LogP contribution in [0.3, 0.4) is 0 Å². The van der Waals surface area contributed by atoms with E-state index in [1.165, 1.54) is 97.5 Å². The zero-order chi connectivity index (χ0) is 45.1. The van der Waals surface area contributed by atoms with E-state index in [0.29, 0.717) is 5.92 Å². The van der Waals surface area contributed by atoms with Gasteiger partial charge in [-0.2, -0.15) is 0 Å². The Balaban J connectivity index is 1.44. The minimum Gasteiger partial charge on any atom is -0.475 e. The summed E-state index contributed by atoms with van der Waals surface area (Å²) in [6.07, 6.45) is 5.89. The fourth-order valence-corrected chi connectivity index (χ4v) is 11.9. The molecule has 62 heavy (non-hydrogen) atoms. The summed E-state index contributed by atoms with van der Waals surface area (Å²) in [5.74, 6) is 1.45. The Bertz CT molecular complexity index is 2530. The molecule has 2 unspecified atom stereocenters. The van der Waals surface area contributed by atoms with Gasteiger partial charge in [-0.1, -0.05) is 148 Å². The molecule has 328 valence electrons. The summed E-state index contributed by atoms with van der Waals surface area (Å²) in [6, 6.07) is 27.4. The van der Waals surface area contributed by atoms with E-state index in [9.17, 15) is 0 Å². The van der Waals surface area contributed by atoms with Gasteiger partial charge in [-0.3, -0.25) is 4.90 Å². The van der Waals surface area contributed by atoms with Crippen molar-refractivity contribution in [2.45, 2.75) is 190 Å². The molecule has 0 N–H and O–H groups in total. The Morgan fingerprint density at radius 1 is 0.548 bits per heavy atom. The van der Waals surface area contributed by atoms with Crippen molar-refractivity contribution in [3.63, 3.8) is 0 Å². The van der Waals surface area contributed by atoms with Crippen LogP contribution in [0.25, 0.3) is 0 Å². The van der Waals surface area contributed by atoms with Crippen LogP contribution in [0.2, 0.25) is 0 Å². The average molecular weight is 829 g/mol. The molecule has 4 aromatic carbocycles. The fourth-order valence-electron chi connectivity index (χ4n) is 11.9. The topological polar surface area (TPSA) is 15.7 Å². The van der Waals surface area contributed by atoms with Crippen molar-refractivity contribution in [1.29, 1.82) is 0 Å². The van der Waals surface area contributed by atoms with Gasteiger partial charge >= 0.3 is 0 Å². The second-order valence-corrected chi connectivity index (χ2v) is 26.2. The highest BCUT2D eigenvalue weighted by Gasteiger charge is 2.56. The SMILES string of the molecule is Cc1cc(C(C)(C)C)ccc1N1c2ccc(C(C)(C)C)cc2B2C3=C(OC4CC3C(C)(C)CCC4(C)C)N(c3ccc4c(c3)C(C)(C)CCC4(C)C)c3cc(C(C)(C)C)cc1c32. The zero-order valence-corrected chi connectivity index (χ0v) is 41.9. The van der Waals surface area contributed by atoms with Crippen LogP contribution in [-0.4, -0.2) is 12.8 Å². The second-order valence-electron chi connectivity index (χ2n) is 26.2. The van der Waals surface area contributed by atoms with E-state index in [2.05, 4.69) is 201 Å². The van der Waals surface area contributed by atoms with Gasteiger partial charge in [0.25, 0.3) is 6.71 Å². The van der Waals surface area contributed by atoms with Gasteiger partial charge in [-0.05, 0) is 164 Å². The van der Waals surface area contributed by atoms with Gasteiger partial charge in [-0.15, -0.1) is 0 Å². The molecule has 3 nitrogen and oxygen atoms in total. The summed E-state index contributed by atoms with van der Waals surface area (Å²) in [7, 11) is 0. The lowest BCUT2D eigenvalue weighted by molar-refractivity contribution is -0.0100. The lowest BCUT2D eigenvalue weighted by atomic mass is 9.30. The molecule has 4 heteroatoms. The fraction of sp³-hybridized carbons (Fsp3) is 0.552. The van der Waals surface area contributed by atoms with Crippen molar-refractivity contribution >= 4 is 46.1 Å². The lowest BCUT2D eigenvalue weighted by Crippen LogP contribution is -2.60. The Morgan fingerprint density at radius 2 is 1.10 bits per heavy atom. The molecule has 2 aliphatic carbocycles. The highest BCUT2D eigenvalue weighted by atomic mass is 16.5. The first-order valence-corrected chi connectivity index (χ1v) is 24.1. The second kappa shape index (κ2) is 13.6. The van der Waals surface area contributed by atoms with Crippen molar-refractivity contribution in [1.82, 2.24) is 0 Å². The minimum atomic E-state index is -0.0954. The van der Waals surface area contributed by atoms with E-state index in [1.807, 2.05) is 0 Å². The highest BCUT2D eigenvalue weighted by molar-refractivity contribution is 6.95. The molecule has 9 rings (SSSR count). The molecule has 1 saturated carbocycles. The number of anilines is 5. The van der Waals surface area contributed by atoms with E-state index < -0.39 is 0 Å². The zero-order valence-electron chi connectivity index (χ0n) is 41.9. The largest absolute Gasteiger partial charge is 0.475 e. The van der Waals surface area contributed by atoms with Crippen molar-refractivity contribution in [3.05, 3.63) is 111 Å². The van der Waals surface area contributed by atoms with E-state index in [4.69, 9.17) is 4.74 Å². The van der Waals surface area contributed by atoms with Crippen LogP contribution in [0.15, 0.2) is 78.1 Å². The number of nitrogens with zero attached hydrogens (tertiary/aromatic N) is 2. The minimum absolute atomic E-state index is 0.00920. The summed E-state index contributed by atoms with van der Waals surface area (Å²) in [6.45, 7) is 43.6. The molecule has 2 atom stereocenters. The Kier molecular flexibility index (Phi) is 9.48. The third-order valence-corrected chi connectivity index (χ3v) is 16.7. The summed E-state index contributed by atoms with van der Waals surface area (Å²) in [5, 5.41) is 0. The van der Waals surface area contributed by atoms with Crippen molar-refractivity contribution < 1.29 is 4.74 Å². The molecule has 1 fully saturated rings. The van der Waals surface area contributed by atoms with Gasteiger partial charge in [0.1, 0.15) is 6.10 Å².